The maximum Gasteiger partial charge on any atom is 0.411 e. The van der Waals surface area contributed by atoms with Crippen molar-refractivity contribution in [2.24, 2.45) is 16.9 Å². The summed E-state index contributed by atoms with van der Waals surface area (Å²) in [7, 11) is 1.37. The zero-order valence-corrected chi connectivity index (χ0v) is 14.7. The molecular weight excluding hydrogens is 337 g/mol. The van der Waals surface area contributed by atoms with Gasteiger partial charge in [0.1, 0.15) is 0 Å². The van der Waals surface area contributed by atoms with Gasteiger partial charge in [-0.2, -0.15) is 18.3 Å². The molecule has 2 heterocycles. The molecule has 1 aliphatic heterocycles. The first-order valence-corrected chi connectivity index (χ1v) is 9.27. The van der Waals surface area contributed by atoms with E-state index in [1.165, 1.54) is 24.8 Å². The van der Waals surface area contributed by atoms with Crippen molar-refractivity contribution in [1.29, 1.82) is 0 Å². The molecule has 1 fully saturated rings. The van der Waals surface area contributed by atoms with E-state index in [0.717, 1.165) is 40.4 Å². The van der Waals surface area contributed by atoms with Gasteiger partial charge in [-0.3, -0.25) is 5.01 Å². The zero-order valence-electron chi connectivity index (χ0n) is 13.9. The maximum absolute atomic E-state index is 13.2. The van der Waals surface area contributed by atoms with Gasteiger partial charge in [-0.25, -0.2) is 0 Å². The van der Waals surface area contributed by atoms with E-state index in [9.17, 15) is 18.3 Å². The number of alkyl halides is 3. The van der Waals surface area contributed by atoms with Crippen molar-refractivity contribution in [2.45, 2.75) is 57.3 Å². The first kappa shape index (κ1) is 17.7. The number of rotatable bonds is 3. The molecule has 2 aliphatic rings. The number of nitrogens with zero attached hydrogens (tertiary/aromatic N) is 2. The van der Waals surface area contributed by atoms with Gasteiger partial charge in [0.2, 0.25) is 0 Å². The molecule has 2 unspecified atom stereocenters. The Morgan fingerprint density at radius 1 is 1.25 bits per heavy atom. The number of hydrogen-bond acceptors (Lipinski definition) is 4. The fourth-order valence-corrected chi connectivity index (χ4v) is 5.07. The predicted octanol–water partition coefficient (Wildman–Crippen LogP) is 4.58. The topological polar surface area (TPSA) is 35.8 Å². The Bertz CT molecular complexity index is 607. The van der Waals surface area contributed by atoms with Gasteiger partial charge in [0.15, 0.2) is 6.04 Å². The van der Waals surface area contributed by atoms with E-state index in [0.29, 0.717) is 5.71 Å². The lowest BCUT2D eigenvalue weighted by molar-refractivity contribution is -0.182. The fourth-order valence-electron chi connectivity index (χ4n) is 3.90. The highest BCUT2D eigenvalue weighted by Gasteiger charge is 2.51. The Labute approximate surface area is 144 Å². The van der Waals surface area contributed by atoms with E-state index < -0.39 is 24.2 Å². The lowest BCUT2D eigenvalue weighted by atomic mass is 9.85. The van der Waals surface area contributed by atoms with Gasteiger partial charge >= 0.3 is 6.18 Å². The van der Waals surface area contributed by atoms with Crippen LogP contribution in [0.5, 0.6) is 0 Å². The zero-order chi connectivity index (χ0) is 17.5. The number of hydrazone groups is 1. The third kappa shape index (κ3) is 3.33. The van der Waals surface area contributed by atoms with Crippen LogP contribution in [0.4, 0.5) is 13.2 Å². The summed E-state index contributed by atoms with van der Waals surface area (Å²) in [5, 5.41) is 15.7. The molecule has 0 spiro atoms. The van der Waals surface area contributed by atoms with Crippen LogP contribution >= 0.6 is 11.3 Å². The summed E-state index contributed by atoms with van der Waals surface area (Å²) >= 11 is 1.38. The Balaban J connectivity index is 1.77. The Morgan fingerprint density at radius 3 is 2.50 bits per heavy atom. The molecule has 1 saturated carbocycles. The van der Waals surface area contributed by atoms with Gasteiger partial charge in [0.25, 0.3) is 0 Å². The van der Waals surface area contributed by atoms with E-state index in [4.69, 9.17) is 0 Å². The Kier molecular flexibility index (Phi) is 4.93. The van der Waals surface area contributed by atoms with Crippen molar-refractivity contribution in [1.82, 2.24) is 5.01 Å². The van der Waals surface area contributed by atoms with Crippen LogP contribution in [0.3, 0.4) is 0 Å². The Hall–Kier alpha value is -1.08. The largest absolute Gasteiger partial charge is 0.411 e. The molecule has 1 aliphatic carbocycles. The number of hydrogen-bond donors (Lipinski definition) is 1. The summed E-state index contributed by atoms with van der Waals surface area (Å²) in [6.07, 6.45) is 0.718. The number of halogens is 3. The summed E-state index contributed by atoms with van der Waals surface area (Å²) in [5.74, 6) is -0.452. The summed E-state index contributed by atoms with van der Waals surface area (Å²) in [5.41, 5.74) is 0.465. The summed E-state index contributed by atoms with van der Waals surface area (Å²) < 4.78 is 39.5. The predicted molar refractivity (Wildman–Crippen MR) is 89.2 cm³/mol. The van der Waals surface area contributed by atoms with Crippen LogP contribution in [0.15, 0.2) is 17.2 Å². The molecule has 3 rings (SSSR count). The minimum absolute atomic E-state index is 0.263. The molecule has 1 aromatic rings. The first-order chi connectivity index (χ1) is 11.3. The van der Waals surface area contributed by atoms with Crippen LogP contribution in [0.2, 0.25) is 0 Å². The van der Waals surface area contributed by atoms with Crippen molar-refractivity contribution in [3.05, 3.63) is 21.9 Å². The van der Waals surface area contributed by atoms with Crippen molar-refractivity contribution < 1.29 is 18.3 Å². The van der Waals surface area contributed by atoms with Gasteiger partial charge < -0.3 is 5.11 Å². The molecule has 0 radical (unpaired) electrons. The minimum atomic E-state index is -4.30. The summed E-state index contributed by atoms with van der Waals surface area (Å²) in [6.45, 7) is 1.57. The van der Waals surface area contributed by atoms with E-state index >= 15 is 0 Å². The smallest absolute Gasteiger partial charge is 0.387 e. The fraction of sp³-hybridized carbons (Fsp3) is 0.706. The first-order valence-electron chi connectivity index (χ1n) is 8.45. The highest BCUT2D eigenvalue weighted by molar-refractivity contribution is 7.14. The van der Waals surface area contributed by atoms with Gasteiger partial charge in [-0.1, -0.05) is 26.2 Å². The van der Waals surface area contributed by atoms with Crippen molar-refractivity contribution in [3.63, 3.8) is 0 Å². The molecule has 24 heavy (non-hydrogen) atoms. The second kappa shape index (κ2) is 6.67. The number of thiophene rings is 1. The standard InChI is InChI=1S/C17H23F3N2OS/c1-10-14(21-22(2)16(10)17(18,19)20)12-8-9-13(24-12)15(23)11-6-4-3-5-7-11/h8-11,15-16,23H,3-7H2,1-2H3/t10-,15?,16?/m0/s1. The van der Waals surface area contributed by atoms with Crippen LogP contribution in [0.25, 0.3) is 0 Å². The Morgan fingerprint density at radius 2 is 1.92 bits per heavy atom. The highest BCUT2D eigenvalue weighted by atomic mass is 32.1. The van der Waals surface area contributed by atoms with Gasteiger partial charge in [0, 0.05) is 17.8 Å². The molecule has 0 bridgehead atoms. The summed E-state index contributed by atoms with van der Waals surface area (Å²) in [6, 6.07) is 2.06. The molecular formula is C17H23F3N2OS. The maximum atomic E-state index is 13.2. The lowest BCUT2D eigenvalue weighted by Gasteiger charge is -2.25. The number of aliphatic hydroxyl groups excluding tert-OH is 1. The second-order valence-corrected chi connectivity index (χ2v) is 7.99. The molecule has 7 heteroatoms. The van der Waals surface area contributed by atoms with E-state index in [2.05, 4.69) is 5.10 Å². The molecule has 0 aromatic carbocycles. The van der Waals surface area contributed by atoms with Crippen LogP contribution in [0.1, 0.15) is 54.9 Å². The van der Waals surface area contributed by atoms with Crippen molar-refractivity contribution in [2.75, 3.05) is 7.05 Å². The van der Waals surface area contributed by atoms with Crippen LogP contribution in [-0.4, -0.2) is 35.1 Å². The third-order valence-corrected chi connectivity index (χ3v) is 6.35. The van der Waals surface area contributed by atoms with E-state index in [1.54, 1.807) is 13.0 Å². The lowest BCUT2D eigenvalue weighted by Crippen LogP contribution is -2.42. The van der Waals surface area contributed by atoms with Crippen LogP contribution in [-0.2, 0) is 0 Å². The van der Waals surface area contributed by atoms with E-state index in [1.807, 2.05) is 6.07 Å². The summed E-state index contributed by atoms with van der Waals surface area (Å²) in [4.78, 5) is 1.57. The van der Waals surface area contributed by atoms with Gasteiger partial charge in [-0.15, -0.1) is 11.3 Å². The van der Waals surface area contributed by atoms with Gasteiger partial charge in [-0.05, 0) is 30.9 Å². The third-order valence-electron chi connectivity index (χ3n) is 5.18. The number of aliphatic hydroxyl groups is 1. The quantitative estimate of drug-likeness (QED) is 0.856. The molecule has 3 atom stereocenters. The molecule has 1 aromatic heterocycles. The molecule has 1 N–H and O–H groups in total. The average Bonchev–Trinajstić information content (AvgIpc) is 3.11. The molecule has 0 amide bonds. The van der Waals surface area contributed by atoms with E-state index in [-0.39, 0.29) is 5.92 Å². The average molecular weight is 360 g/mol. The van der Waals surface area contributed by atoms with Gasteiger partial charge in [0.05, 0.1) is 16.7 Å². The van der Waals surface area contributed by atoms with Crippen LogP contribution < -0.4 is 0 Å². The van der Waals surface area contributed by atoms with Crippen molar-refractivity contribution >= 4 is 17.0 Å². The second-order valence-electron chi connectivity index (χ2n) is 6.88. The van der Waals surface area contributed by atoms with Crippen molar-refractivity contribution in [3.8, 4) is 0 Å². The molecule has 134 valence electrons. The van der Waals surface area contributed by atoms with Crippen LogP contribution in [0, 0.1) is 11.8 Å². The minimum Gasteiger partial charge on any atom is -0.387 e. The normalized spacial score (nSPS) is 27.4. The highest BCUT2D eigenvalue weighted by Crippen LogP contribution is 2.40. The molecule has 3 nitrogen and oxygen atoms in total. The SMILES string of the molecule is C[C@H]1C(c2ccc(C(O)C3CCCCC3)s2)=NN(C)C1C(F)(F)F. The monoisotopic (exact) mass is 360 g/mol. The molecule has 0 saturated heterocycles.